The van der Waals surface area contributed by atoms with Crippen LogP contribution in [0.5, 0.6) is 11.5 Å². The molecule has 1 aliphatic rings. The maximum atomic E-state index is 8.87. The van der Waals surface area contributed by atoms with Gasteiger partial charge in [-0.25, -0.2) is 9.97 Å². The highest BCUT2D eigenvalue weighted by Crippen LogP contribution is 2.26. The average molecular weight is 503 g/mol. The Balaban J connectivity index is 1.33. The SMILES string of the molecule is CNCCNCCCN1CCC(Nc2ncnc(N)c2C(=N)c2ccc(Oc3ccccc3)cc2)CC1. The molecule has 0 spiro atoms. The fourth-order valence-corrected chi connectivity index (χ4v) is 4.47. The van der Waals surface area contributed by atoms with Gasteiger partial charge in [-0.3, -0.25) is 5.41 Å². The lowest BCUT2D eigenvalue weighted by Gasteiger charge is -2.33. The second-order valence-corrected chi connectivity index (χ2v) is 9.26. The van der Waals surface area contributed by atoms with Crippen LogP contribution in [-0.2, 0) is 0 Å². The molecule has 196 valence electrons. The molecule has 0 radical (unpaired) electrons. The largest absolute Gasteiger partial charge is 0.457 e. The quantitative estimate of drug-likeness (QED) is 0.178. The Morgan fingerprint density at radius 3 is 2.46 bits per heavy atom. The van der Waals surface area contributed by atoms with Crippen LogP contribution < -0.4 is 26.4 Å². The van der Waals surface area contributed by atoms with Gasteiger partial charge in [0.2, 0.25) is 0 Å². The first-order chi connectivity index (χ1) is 18.1. The third-order valence-corrected chi connectivity index (χ3v) is 6.56. The fraction of sp³-hybridized carbons (Fsp3) is 0.393. The van der Waals surface area contributed by atoms with Crippen LogP contribution in [0, 0.1) is 5.41 Å². The molecule has 9 heteroatoms. The van der Waals surface area contributed by atoms with E-state index in [-0.39, 0.29) is 11.8 Å². The molecule has 4 rings (SSSR count). The van der Waals surface area contributed by atoms with E-state index in [0.29, 0.717) is 22.9 Å². The number of ether oxygens (including phenoxy) is 1. The summed E-state index contributed by atoms with van der Waals surface area (Å²) in [6.45, 7) is 6.25. The third-order valence-electron chi connectivity index (χ3n) is 6.56. The molecule has 0 bridgehead atoms. The van der Waals surface area contributed by atoms with E-state index in [2.05, 4.69) is 30.8 Å². The summed E-state index contributed by atoms with van der Waals surface area (Å²) >= 11 is 0. The average Bonchev–Trinajstić information content (AvgIpc) is 2.92. The maximum Gasteiger partial charge on any atom is 0.141 e. The number of nitrogens with zero attached hydrogens (tertiary/aromatic N) is 3. The first-order valence-electron chi connectivity index (χ1n) is 13.0. The molecule has 2 aromatic carbocycles. The van der Waals surface area contributed by atoms with Crippen molar-refractivity contribution in [1.82, 2.24) is 25.5 Å². The van der Waals surface area contributed by atoms with Crippen LogP contribution in [-0.4, -0.2) is 72.9 Å². The molecule has 0 amide bonds. The van der Waals surface area contributed by atoms with Gasteiger partial charge in [-0.05, 0) is 75.8 Å². The molecule has 2 heterocycles. The Kier molecular flexibility index (Phi) is 9.81. The first kappa shape index (κ1) is 26.5. The molecule has 0 saturated carbocycles. The zero-order chi connectivity index (χ0) is 25.9. The highest BCUT2D eigenvalue weighted by molar-refractivity contribution is 6.16. The molecular formula is C28H38N8O. The van der Waals surface area contributed by atoms with Crippen LogP contribution in [0.15, 0.2) is 60.9 Å². The number of aromatic nitrogens is 2. The summed E-state index contributed by atoms with van der Waals surface area (Å²) in [6, 6.07) is 17.4. The molecule has 0 aliphatic carbocycles. The van der Waals surface area contributed by atoms with Crippen LogP contribution in [0.25, 0.3) is 0 Å². The van der Waals surface area contributed by atoms with E-state index in [1.165, 1.54) is 6.33 Å². The third kappa shape index (κ3) is 7.72. The minimum atomic E-state index is 0.285. The summed E-state index contributed by atoms with van der Waals surface area (Å²) in [5.41, 5.74) is 7.79. The zero-order valence-electron chi connectivity index (χ0n) is 21.5. The van der Waals surface area contributed by atoms with Crippen molar-refractivity contribution in [1.29, 1.82) is 5.41 Å². The van der Waals surface area contributed by atoms with Crippen molar-refractivity contribution >= 4 is 17.3 Å². The Hall–Kier alpha value is -3.53. The number of likely N-dealkylation sites (N-methyl/N-ethyl adjacent to an activating group) is 1. The van der Waals surface area contributed by atoms with Crippen molar-refractivity contribution in [2.45, 2.75) is 25.3 Å². The standard InChI is InChI=1S/C28H38N8O/c1-31-15-16-32-14-5-17-36-18-12-22(13-19-36)35-28-25(27(30)33-20-34-28)26(29)21-8-10-24(11-9-21)37-23-6-3-2-4-7-23/h2-4,6-11,20,22,29,31-32H,5,12-19H2,1H3,(H3,30,33,34,35). The number of benzene rings is 2. The molecule has 6 N–H and O–H groups in total. The van der Waals surface area contributed by atoms with Crippen molar-refractivity contribution in [2.75, 3.05) is 57.4 Å². The number of anilines is 2. The van der Waals surface area contributed by atoms with E-state index in [1.54, 1.807) is 0 Å². The van der Waals surface area contributed by atoms with Gasteiger partial charge in [0.1, 0.15) is 29.5 Å². The molecule has 9 nitrogen and oxygen atoms in total. The van der Waals surface area contributed by atoms with Gasteiger partial charge in [-0.2, -0.15) is 0 Å². The molecule has 0 atom stereocenters. The van der Waals surface area contributed by atoms with E-state index in [4.69, 9.17) is 15.9 Å². The number of piperidine rings is 1. The second kappa shape index (κ2) is 13.7. The topological polar surface area (TPSA) is 124 Å². The summed E-state index contributed by atoms with van der Waals surface area (Å²) in [4.78, 5) is 11.2. The Labute approximate surface area is 219 Å². The predicted molar refractivity (Wildman–Crippen MR) is 150 cm³/mol. The molecular weight excluding hydrogens is 464 g/mol. The lowest BCUT2D eigenvalue weighted by molar-refractivity contribution is 0.216. The molecule has 37 heavy (non-hydrogen) atoms. The van der Waals surface area contributed by atoms with Gasteiger partial charge in [-0.15, -0.1) is 0 Å². The molecule has 1 aliphatic heterocycles. The maximum absolute atomic E-state index is 8.87. The summed E-state index contributed by atoms with van der Waals surface area (Å²) < 4.78 is 5.88. The zero-order valence-corrected chi connectivity index (χ0v) is 21.5. The number of nitrogens with one attached hydrogen (secondary N) is 4. The van der Waals surface area contributed by atoms with Gasteiger partial charge in [0.05, 0.1) is 11.3 Å². The minimum Gasteiger partial charge on any atom is -0.457 e. The van der Waals surface area contributed by atoms with Gasteiger partial charge in [0.25, 0.3) is 0 Å². The number of rotatable bonds is 13. The summed E-state index contributed by atoms with van der Waals surface area (Å²) in [5, 5.41) is 19.0. The Morgan fingerprint density at radius 1 is 1.00 bits per heavy atom. The fourth-order valence-electron chi connectivity index (χ4n) is 4.47. The highest BCUT2D eigenvalue weighted by Gasteiger charge is 2.22. The van der Waals surface area contributed by atoms with E-state index in [1.807, 2.05) is 61.6 Å². The number of hydrogen-bond acceptors (Lipinski definition) is 9. The summed E-state index contributed by atoms with van der Waals surface area (Å²) in [6.07, 6.45) is 4.66. The van der Waals surface area contributed by atoms with Crippen molar-refractivity contribution < 1.29 is 4.74 Å². The summed E-state index contributed by atoms with van der Waals surface area (Å²) in [7, 11) is 1.97. The van der Waals surface area contributed by atoms with Gasteiger partial charge in [0.15, 0.2) is 0 Å². The molecule has 1 aromatic heterocycles. The number of likely N-dealkylation sites (tertiary alicyclic amines) is 1. The van der Waals surface area contributed by atoms with Gasteiger partial charge < -0.3 is 31.3 Å². The number of para-hydroxylation sites is 1. The second-order valence-electron chi connectivity index (χ2n) is 9.26. The first-order valence-corrected chi connectivity index (χ1v) is 13.0. The smallest absolute Gasteiger partial charge is 0.141 e. The van der Waals surface area contributed by atoms with Crippen LogP contribution in [0.3, 0.4) is 0 Å². The van der Waals surface area contributed by atoms with Crippen molar-refractivity contribution in [3.63, 3.8) is 0 Å². The van der Waals surface area contributed by atoms with Crippen LogP contribution in [0.4, 0.5) is 11.6 Å². The van der Waals surface area contributed by atoms with E-state index in [9.17, 15) is 0 Å². The van der Waals surface area contributed by atoms with E-state index in [0.717, 1.165) is 69.8 Å². The number of hydrogen-bond donors (Lipinski definition) is 5. The van der Waals surface area contributed by atoms with Crippen molar-refractivity contribution in [3.8, 4) is 11.5 Å². The number of nitrogen functional groups attached to an aromatic ring is 1. The molecule has 1 saturated heterocycles. The van der Waals surface area contributed by atoms with Gasteiger partial charge in [-0.1, -0.05) is 18.2 Å². The van der Waals surface area contributed by atoms with Crippen LogP contribution in [0.2, 0.25) is 0 Å². The Morgan fingerprint density at radius 2 is 1.73 bits per heavy atom. The van der Waals surface area contributed by atoms with Crippen molar-refractivity contribution in [2.24, 2.45) is 0 Å². The molecule has 3 aromatic rings. The normalized spacial score (nSPS) is 14.4. The van der Waals surface area contributed by atoms with Crippen molar-refractivity contribution in [3.05, 3.63) is 72.1 Å². The minimum absolute atomic E-state index is 0.285. The highest BCUT2D eigenvalue weighted by atomic mass is 16.5. The lowest BCUT2D eigenvalue weighted by atomic mass is 10.0. The van der Waals surface area contributed by atoms with E-state index < -0.39 is 0 Å². The lowest BCUT2D eigenvalue weighted by Crippen LogP contribution is -2.40. The number of nitrogens with two attached hydrogens (primary N) is 1. The predicted octanol–water partition coefficient (Wildman–Crippen LogP) is 3.34. The van der Waals surface area contributed by atoms with Gasteiger partial charge in [0, 0.05) is 37.8 Å². The monoisotopic (exact) mass is 502 g/mol. The van der Waals surface area contributed by atoms with Crippen LogP contribution >= 0.6 is 0 Å². The molecule has 0 unspecified atom stereocenters. The summed E-state index contributed by atoms with van der Waals surface area (Å²) in [5.74, 6) is 2.40. The molecule has 1 fully saturated rings. The van der Waals surface area contributed by atoms with Crippen LogP contribution in [0.1, 0.15) is 30.4 Å². The Bertz CT molecular complexity index is 1110. The van der Waals surface area contributed by atoms with E-state index >= 15 is 0 Å². The van der Waals surface area contributed by atoms with Gasteiger partial charge >= 0.3 is 0 Å².